The van der Waals surface area contributed by atoms with Crippen LogP contribution in [0.2, 0.25) is 0 Å². The Kier molecular flexibility index (Phi) is 4.39. The molecule has 0 amide bonds. The minimum atomic E-state index is 0.0510. The number of thiazole rings is 1. The number of aryl methyl sites for hydroxylation is 1. The number of rotatable bonds is 5. The van der Waals surface area contributed by atoms with E-state index in [4.69, 9.17) is 4.74 Å². The summed E-state index contributed by atoms with van der Waals surface area (Å²) >= 11 is 1.68. The summed E-state index contributed by atoms with van der Waals surface area (Å²) in [6.45, 7) is 4.76. The van der Waals surface area contributed by atoms with Crippen LogP contribution in [-0.2, 0) is 6.54 Å². The van der Waals surface area contributed by atoms with Gasteiger partial charge < -0.3 is 15.2 Å². The fourth-order valence-electron chi connectivity index (χ4n) is 1.85. The van der Waals surface area contributed by atoms with E-state index in [0.717, 1.165) is 10.6 Å². The first kappa shape index (κ1) is 13.8. The van der Waals surface area contributed by atoms with Gasteiger partial charge in [0.2, 0.25) is 0 Å². The van der Waals surface area contributed by atoms with Crippen LogP contribution < -0.4 is 10.1 Å². The van der Waals surface area contributed by atoms with E-state index in [1.165, 1.54) is 4.88 Å². The second-order valence-corrected chi connectivity index (χ2v) is 5.71. The Balaban J connectivity index is 2.01. The number of aromatic hydroxyl groups is 1. The third kappa shape index (κ3) is 3.45. The molecule has 19 heavy (non-hydrogen) atoms. The molecule has 0 bridgehead atoms. The highest BCUT2D eigenvalue weighted by Gasteiger charge is 2.11. The number of methoxy groups -OCH3 is 1. The molecule has 1 unspecified atom stereocenters. The van der Waals surface area contributed by atoms with Gasteiger partial charge in [-0.05, 0) is 19.9 Å². The molecule has 0 radical (unpaired) electrons. The van der Waals surface area contributed by atoms with E-state index in [1.54, 1.807) is 24.5 Å². The van der Waals surface area contributed by atoms with Crippen LogP contribution in [0.5, 0.6) is 11.5 Å². The molecule has 2 aromatic rings. The predicted molar refractivity (Wildman–Crippen MR) is 76.8 cm³/mol. The average Bonchev–Trinajstić information content (AvgIpc) is 2.81. The number of benzene rings is 1. The molecule has 102 valence electrons. The maximum Gasteiger partial charge on any atom is 0.124 e. The summed E-state index contributed by atoms with van der Waals surface area (Å²) in [6.07, 6.45) is 1.87. The molecule has 0 aliphatic carbocycles. The lowest BCUT2D eigenvalue weighted by atomic mass is 10.1. The minimum Gasteiger partial charge on any atom is -0.507 e. The van der Waals surface area contributed by atoms with Crippen LogP contribution in [0.25, 0.3) is 0 Å². The van der Waals surface area contributed by atoms with Crippen molar-refractivity contribution in [1.29, 1.82) is 0 Å². The summed E-state index contributed by atoms with van der Waals surface area (Å²) in [6, 6.07) is 5.40. The number of hydrogen-bond acceptors (Lipinski definition) is 5. The fourth-order valence-corrected chi connectivity index (χ4v) is 2.59. The van der Waals surface area contributed by atoms with Crippen molar-refractivity contribution in [2.24, 2.45) is 0 Å². The molecule has 0 aliphatic rings. The van der Waals surface area contributed by atoms with Crippen LogP contribution in [-0.4, -0.2) is 17.2 Å². The minimum absolute atomic E-state index is 0.0510. The maximum absolute atomic E-state index is 9.96. The van der Waals surface area contributed by atoms with Crippen molar-refractivity contribution in [1.82, 2.24) is 10.3 Å². The van der Waals surface area contributed by atoms with Crippen molar-refractivity contribution in [2.75, 3.05) is 7.11 Å². The zero-order chi connectivity index (χ0) is 13.8. The topological polar surface area (TPSA) is 54.4 Å². The van der Waals surface area contributed by atoms with Gasteiger partial charge in [-0.25, -0.2) is 4.98 Å². The molecule has 0 spiro atoms. The predicted octanol–water partition coefficient (Wildman–Crippen LogP) is 3.02. The number of hydrogen-bond donors (Lipinski definition) is 2. The first-order chi connectivity index (χ1) is 9.10. The van der Waals surface area contributed by atoms with Crippen molar-refractivity contribution in [3.05, 3.63) is 39.8 Å². The lowest BCUT2D eigenvalue weighted by Crippen LogP contribution is -2.18. The van der Waals surface area contributed by atoms with E-state index in [-0.39, 0.29) is 11.8 Å². The molecule has 4 nitrogen and oxygen atoms in total. The van der Waals surface area contributed by atoms with Crippen LogP contribution >= 0.6 is 11.3 Å². The van der Waals surface area contributed by atoms with Crippen molar-refractivity contribution in [2.45, 2.75) is 26.4 Å². The number of phenolic OH excluding ortho intramolecular Hbond substituents is 1. The molecule has 1 aromatic heterocycles. The number of aromatic nitrogens is 1. The van der Waals surface area contributed by atoms with E-state index < -0.39 is 0 Å². The van der Waals surface area contributed by atoms with Crippen LogP contribution in [0.4, 0.5) is 0 Å². The van der Waals surface area contributed by atoms with Gasteiger partial charge in [-0.2, -0.15) is 0 Å². The molecule has 1 aromatic carbocycles. The Morgan fingerprint density at radius 2 is 2.26 bits per heavy atom. The summed E-state index contributed by atoms with van der Waals surface area (Å²) in [4.78, 5) is 5.51. The Morgan fingerprint density at radius 1 is 1.47 bits per heavy atom. The third-order valence-corrected chi connectivity index (χ3v) is 3.85. The van der Waals surface area contributed by atoms with Crippen LogP contribution in [0.15, 0.2) is 24.4 Å². The normalized spacial score (nSPS) is 12.4. The van der Waals surface area contributed by atoms with Gasteiger partial charge >= 0.3 is 0 Å². The van der Waals surface area contributed by atoms with E-state index in [2.05, 4.69) is 10.3 Å². The smallest absolute Gasteiger partial charge is 0.124 e. The second-order valence-electron chi connectivity index (χ2n) is 4.39. The average molecular weight is 278 g/mol. The monoisotopic (exact) mass is 278 g/mol. The molecule has 5 heteroatoms. The Labute approximate surface area is 117 Å². The molecule has 0 saturated heterocycles. The molecule has 0 fully saturated rings. The first-order valence-corrected chi connectivity index (χ1v) is 6.93. The van der Waals surface area contributed by atoms with E-state index in [0.29, 0.717) is 12.3 Å². The lowest BCUT2D eigenvalue weighted by Gasteiger charge is -2.15. The molecule has 2 rings (SSSR count). The van der Waals surface area contributed by atoms with Gasteiger partial charge in [0.25, 0.3) is 0 Å². The molecule has 1 atom stereocenters. The number of nitrogens with zero attached hydrogens (tertiary/aromatic N) is 1. The molecule has 0 saturated carbocycles. The Hall–Kier alpha value is -1.59. The van der Waals surface area contributed by atoms with Gasteiger partial charge in [-0.3, -0.25) is 0 Å². The maximum atomic E-state index is 9.96. The number of phenols is 1. The highest BCUT2D eigenvalue weighted by molar-refractivity contribution is 7.11. The number of nitrogens with one attached hydrogen (secondary N) is 1. The molecular formula is C14H18N2O2S. The zero-order valence-electron chi connectivity index (χ0n) is 11.3. The van der Waals surface area contributed by atoms with E-state index in [9.17, 15) is 5.11 Å². The summed E-state index contributed by atoms with van der Waals surface area (Å²) in [5.41, 5.74) is 0.856. The van der Waals surface area contributed by atoms with Gasteiger partial charge in [0, 0.05) is 35.3 Å². The third-order valence-electron chi connectivity index (χ3n) is 2.93. The van der Waals surface area contributed by atoms with Crippen LogP contribution in [0.1, 0.15) is 28.4 Å². The second kappa shape index (κ2) is 6.04. The van der Waals surface area contributed by atoms with Crippen molar-refractivity contribution < 1.29 is 9.84 Å². The fraction of sp³-hybridized carbons (Fsp3) is 0.357. The van der Waals surface area contributed by atoms with Crippen molar-refractivity contribution in [3.8, 4) is 11.5 Å². The van der Waals surface area contributed by atoms with Gasteiger partial charge in [-0.15, -0.1) is 11.3 Å². The van der Waals surface area contributed by atoms with Crippen molar-refractivity contribution in [3.63, 3.8) is 0 Å². The van der Waals surface area contributed by atoms with E-state index in [1.807, 2.05) is 32.2 Å². The SMILES string of the molecule is COc1ccc(C(C)NCc2ncc(C)s2)c(O)c1. The highest BCUT2D eigenvalue weighted by atomic mass is 32.1. The quantitative estimate of drug-likeness (QED) is 0.882. The van der Waals surface area contributed by atoms with Gasteiger partial charge in [0.15, 0.2) is 0 Å². The highest BCUT2D eigenvalue weighted by Crippen LogP contribution is 2.28. The Bertz CT molecular complexity index is 554. The zero-order valence-corrected chi connectivity index (χ0v) is 12.1. The van der Waals surface area contributed by atoms with E-state index >= 15 is 0 Å². The largest absolute Gasteiger partial charge is 0.507 e. The molecule has 1 heterocycles. The number of ether oxygens (including phenoxy) is 1. The lowest BCUT2D eigenvalue weighted by molar-refractivity contribution is 0.404. The van der Waals surface area contributed by atoms with Crippen molar-refractivity contribution >= 4 is 11.3 Å². The summed E-state index contributed by atoms with van der Waals surface area (Å²) < 4.78 is 5.07. The molecule has 2 N–H and O–H groups in total. The summed E-state index contributed by atoms with van der Waals surface area (Å²) in [7, 11) is 1.58. The summed E-state index contributed by atoms with van der Waals surface area (Å²) in [5.74, 6) is 0.902. The van der Waals surface area contributed by atoms with Crippen LogP contribution in [0, 0.1) is 6.92 Å². The van der Waals surface area contributed by atoms with Crippen LogP contribution in [0.3, 0.4) is 0 Å². The first-order valence-electron chi connectivity index (χ1n) is 6.11. The standard InChI is InChI=1S/C14H18N2O2S/c1-9-7-16-14(19-9)8-15-10(2)12-5-4-11(18-3)6-13(12)17/h4-7,10,15,17H,8H2,1-3H3. The Morgan fingerprint density at radius 3 is 2.84 bits per heavy atom. The summed E-state index contributed by atoms with van der Waals surface area (Å²) in [5, 5.41) is 14.4. The van der Waals surface area contributed by atoms with Gasteiger partial charge in [0.1, 0.15) is 16.5 Å². The molecule has 0 aliphatic heterocycles. The van der Waals surface area contributed by atoms with Gasteiger partial charge in [-0.1, -0.05) is 6.07 Å². The van der Waals surface area contributed by atoms with Gasteiger partial charge in [0.05, 0.1) is 7.11 Å². The molecular weight excluding hydrogens is 260 g/mol.